The molecular weight excluding hydrogens is 286 g/mol. The van der Waals surface area contributed by atoms with Gasteiger partial charge >= 0.3 is 0 Å². The first-order valence-corrected chi connectivity index (χ1v) is 7.17. The third-order valence-electron chi connectivity index (χ3n) is 3.39. The molecule has 3 N–H and O–H groups in total. The molecule has 21 heavy (non-hydrogen) atoms. The molecule has 0 saturated heterocycles. The van der Waals surface area contributed by atoms with Crippen LogP contribution in [0.5, 0.6) is 0 Å². The summed E-state index contributed by atoms with van der Waals surface area (Å²) in [6.07, 6.45) is 0.520. The van der Waals surface area contributed by atoms with E-state index in [0.717, 1.165) is 16.9 Å². The van der Waals surface area contributed by atoms with Crippen LogP contribution in [0.4, 0.5) is 5.69 Å². The van der Waals surface area contributed by atoms with Gasteiger partial charge in [-0.2, -0.15) is 5.10 Å². The maximum absolute atomic E-state index is 7.43. The second-order valence-corrected chi connectivity index (χ2v) is 5.37. The molecule has 0 saturated carbocycles. The van der Waals surface area contributed by atoms with E-state index in [0.29, 0.717) is 24.7 Å². The molecular formula is C15H20ClN5. The van der Waals surface area contributed by atoms with E-state index in [9.17, 15) is 0 Å². The highest BCUT2D eigenvalue weighted by atomic mass is 35.5. The first-order chi connectivity index (χ1) is 9.99. The lowest BCUT2D eigenvalue weighted by molar-refractivity contribution is 0.757. The monoisotopic (exact) mass is 305 g/mol. The maximum atomic E-state index is 7.43. The summed E-state index contributed by atoms with van der Waals surface area (Å²) in [5.41, 5.74) is 8.50. The Morgan fingerprint density at radius 1 is 1.38 bits per heavy atom. The molecule has 0 amide bonds. The fourth-order valence-corrected chi connectivity index (χ4v) is 2.47. The zero-order valence-electron chi connectivity index (χ0n) is 12.3. The molecule has 2 rings (SSSR count). The van der Waals surface area contributed by atoms with Crippen LogP contribution in [0.1, 0.15) is 17.7 Å². The van der Waals surface area contributed by atoms with Crippen molar-refractivity contribution in [3.63, 3.8) is 0 Å². The summed E-state index contributed by atoms with van der Waals surface area (Å²) in [6.45, 7) is 3.27. The molecule has 1 aromatic carbocycles. The Kier molecular flexibility index (Phi) is 4.85. The number of aryl methyl sites for hydroxylation is 2. The van der Waals surface area contributed by atoms with Crippen molar-refractivity contribution in [1.29, 1.82) is 5.41 Å². The van der Waals surface area contributed by atoms with Gasteiger partial charge in [-0.05, 0) is 19.1 Å². The molecule has 0 aliphatic carbocycles. The number of hydrogen-bond acceptors (Lipinski definition) is 3. The normalized spacial score (nSPS) is 10.6. The average Bonchev–Trinajstić information content (AvgIpc) is 2.70. The standard InChI is InChI=1S/C15H20ClN5/c1-11-13(15(16)20(2)19-11)10-21(9-8-14(17)18)12-6-4-3-5-7-12/h3-7H,8-10H2,1-2H3,(H3,17,18). The number of aromatic nitrogens is 2. The summed E-state index contributed by atoms with van der Waals surface area (Å²) >= 11 is 6.32. The van der Waals surface area contributed by atoms with Gasteiger partial charge in [0.25, 0.3) is 0 Å². The van der Waals surface area contributed by atoms with Crippen molar-refractivity contribution >= 4 is 23.1 Å². The molecule has 0 bridgehead atoms. The number of rotatable bonds is 6. The van der Waals surface area contributed by atoms with E-state index in [-0.39, 0.29) is 5.84 Å². The Morgan fingerprint density at radius 3 is 2.57 bits per heavy atom. The number of nitrogens with zero attached hydrogens (tertiary/aromatic N) is 3. The molecule has 1 heterocycles. The van der Waals surface area contributed by atoms with Gasteiger partial charge in [-0.3, -0.25) is 10.1 Å². The van der Waals surface area contributed by atoms with Crippen molar-refractivity contribution in [1.82, 2.24) is 9.78 Å². The van der Waals surface area contributed by atoms with Crippen LogP contribution in [0.2, 0.25) is 5.15 Å². The molecule has 0 radical (unpaired) electrons. The molecule has 112 valence electrons. The lowest BCUT2D eigenvalue weighted by Gasteiger charge is -2.24. The fraction of sp³-hybridized carbons (Fsp3) is 0.333. The second kappa shape index (κ2) is 6.63. The van der Waals surface area contributed by atoms with Gasteiger partial charge in [0, 0.05) is 37.8 Å². The molecule has 0 spiro atoms. The molecule has 0 unspecified atom stereocenters. The Bertz CT molecular complexity index is 620. The minimum absolute atomic E-state index is 0.185. The SMILES string of the molecule is Cc1nn(C)c(Cl)c1CN(CCC(=N)N)c1ccccc1. The number of amidine groups is 1. The summed E-state index contributed by atoms with van der Waals surface area (Å²) in [7, 11) is 1.83. The molecule has 1 aromatic heterocycles. The molecule has 0 atom stereocenters. The zero-order chi connectivity index (χ0) is 15.4. The number of nitrogens with one attached hydrogen (secondary N) is 1. The minimum atomic E-state index is 0.185. The van der Waals surface area contributed by atoms with Crippen LogP contribution in [0.15, 0.2) is 30.3 Å². The van der Waals surface area contributed by atoms with Crippen molar-refractivity contribution < 1.29 is 0 Å². The van der Waals surface area contributed by atoms with Crippen LogP contribution in [-0.4, -0.2) is 22.2 Å². The summed E-state index contributed by atoms with van der Waals surface area (Å²) in [5, 5.41) is 12.4. The van der Waals surface area contributed by atoms with Gasteiger partial charge in [0.1, 0.15) is 5.15 Å². The number of para-hydroxylation sites is 1. The van der Waals surface area contributed by atoms with Crippen molar-refractivity contribution in [2.24, 2.45) is 12.8 Å². The highest BCUT2D eigenvalue weighted by Crippen LogP contribution is 2.24. The Morgan fingerprint density at radius 2 is 2.05 bits per heavy atom. The average molecular weight is 306 g/mol. The molecule has 0 fully saturated rings. The molecule has 5 nitrogen and oxygen atoms in total. The van der Waals surface area contributed by atoms with E-state index >= 15 is 0 Å². The number of benzene rings is 1. The molecule has 6 heteroatoms. The van der Waals surface area contributed by atoms with E-state index in [4.69, 9.17) is 22.7 Å². The Labute approximate surface area is 129 Å². The first-order valence-electron chi connectivity index (χ1n) is 6.80. The predicted molar refractivity (Wildman–Crippen MR) is 87.0 cm³/mol. The van der Waals surface area contributed by atoms with Crippen LogP contribution < -0.4 is 10.6 Å². The minimum Gasteiger partial charge on any atom is -0.388 e. The second-order valence-electron chi connectivity index (χ2n) is 5.01. The van der Waals surface area contributed by atoms with Crippen molar-refractivity contribution in [2.45, 2.75) is 19.9 Å². The van der Waals surface area contributed by atoms with Crippen LogP contribution in [0.3, 0.4) is 0 Å². The molecule has 0 aliphatic heterocycles. The summed E-state index contributed by atoms with van der Waals surface area (Å²) in [5.74, 6) is 0.185. The van der Waals surface area contributed by atoms with Gasteiger partial charge in [-0.25, -0.2) is 0 Å². The lowest BCUT2D eigenvalue weighted by Crippen LogP contribution is -2.27. The highest BCUT2D eigenvalue weighted by Gasteiger charge is 2.16. The number of nitrogens with two attached hydrogens (primary N) is 1. The highest BCUT2D eigenvalue weighted by molar-refractivity contribution is 6.30. The van der Waals surface area contributed by atoms with E-state index in [1.54, 1.807) is 4.68 Å². The van der Waals surface area contributed by atoms with Gasteiger partial charge in [0.15, 0.2) is 0 Å². The summed E-state index contributed by atoms with van der Waals surface area (Å²) in [6, 6.07) is 10.1. The van der Waals surface area contributed by atoms with Gasteiger partial charge in [0.2, 0.25) is 0 Å². The third kappa shape index (κ3) is 3.76. The first kappa shape index (κ1) is 15.4. The van der Waals surface area contributed by atoms with Gasteiger partial charge in [0.05, 0.1) is 11.5 Å². The lowest BCUT2D eigenvalue weighted by atomic mass is 10.2. The third-order valence-corrected chi connectivity index (χ3v) is 3.86. The van der Waals surface area contributed by atoms with E-state index in [1.165, 1.54) is 0 Å². The van der Waals surface area contributed by atoms with Gasteiger partial charge in [-0.15, -0.1) is 0 Å². The maximum Gasteiger partial charge on any atom is 0.131 e. The van der Waals surface area contributed by atoms with E-state index < -0.39 is 0 Å². The quantitative estimate of drug-likeness (QED) is 0.637. The van der Waals surface area contributed by atoms with Crippen molar-refractivity contribution in [2.75, 3.05) is 11.4 Å². The number of anilines is 1. The summed E-state index contributed by atoms with van der Waals surface area (Å²) < 4.78 is 1.68. The smallest absolute Gasteiger partial charge is 0.131 e. The van der Waals surface area contributed by atoms with Gasteiger partial charge in [-0.1, -0.05) is 29.8 Å². The largest absolute Gasteiger partial charge is 0.388 e. The summed E-state index contributed by atoms with van der Waals surface area (Å²) in [4.78, 5) is 2.16. The van der Waals surface area contributed by atoms with Crippen molar-refractivity contribution in [3.05, 3.63) is 46.7 Å². The zero-order valence-corrected chi connectivity index (χ0v) is 13.1. The van der Waals surface area contributed by atoms with Crippen LogP contribution in [0.25, 0.3) is 0 Å². The van der Waals surface area contributed by atoms with Crippen molar-refractivity contribution in [3.8, 4) is 0 Å². The van der Waals surface area contributed by atoms with Gasteiger partial charge < -0.3 is 10.6 Å². The van der Waals surface area contributed by atoms with E-state index in [2.05, 4.69) is 10.00 Å². The predicted octanol–water partition coefficient (Wildman–Crippen LogP) is 2.71. The Balaban J connectivity index is 2.25. The molecule has 2 aromatic rings. The fourth-order valence-electron chi connectivity index (χ4n) is 2.24. The number of hydrogen-bond donors (Lipinski definition) is 2. The van der Waals surface area contributed by atoms with Crippen LogP contribution in [-0.2, 0) is 13.6 Å². The van der Waals surface area contributed by atoms with Crippen LogP contribution >= 0.6 is 11.6 Å². The number of halogens is 1. The topological polar surface area (TPSA) is 70.9 Å². The molecule has 0 aliphatic rings. The van der Waals surface area contributed by atoms with E-state index in [1.807, 2.05) is 44.3 Å². The van der Waals surface area contributed by atoms with Crippen LogP contribution in [0, 0.1) is 12.3 Å². The Hall–Kier alpha value is -2.01.